The van der Waals surface area contributed by atoms with E-state index in [1.54, 1.807) is 0 Å². The molecule has 17 heavy (non-hydrogen) atoms. The average Bonchev–Trinajstić information content (AvgIpc) is 2.67. The summed E-state index contributed by atoms with van der Waals surface area (Å²) in [6.45, 7) is 5.46. The van der Waals surface area contributed by atoms with Crippen LogP contribution < -0.4 is 5.32 Å². The zero-order valence-corrected chi connectivity index (χ0v) is 12.2. The summed E-state index contributed by atoms with van der Waals surface area (Å²) in [7, 11) is 2.00. The smallest absolute Gasteiger partial charge is 0.0497 e. The molecule has 0 saturated carbocycles. The topological polar surface area (TPSA) is 17.0 Å². The van der Waals surface area contributed by atoms with Gasteiger partial charge in [-0.2, -0.15) is 0 Å². The van der Waals surface area contributed by atoms with Gasteiger partial charge in [-0.15, -0.1) is 0 Å². The Kier molecular flexibility index (Phi) is 3.89. The molecule has 1 heterocycles. The number of halogens is 1. The third kappa shape index (κ3) is 2.40. The summed E-state index contributed by atoms with van der Waals surface area (Å²) < 4.78 is 3.55. The molecule has 0 atom stereocenters. The summed E-state index contributed by atoms with van der Waals surface area (Å²) in [5, 5.41) is 4.57. The Morgan fingerprint density at radius 1 is 1.35 bits per heavy atom. The van der Waals surface area contributed by atoms with Crippen molar-refractivity contribution in [3.05, 3.63) is 34.4 Å². The van der Waals surface area contributed by atoms with E-state index in [0.717, 1.165) is 13.0 Å². The highest BCUT2D eigenvalue weighted by Gasteiger charge is 2.12. The molecule has 1 aromatic carbocycles. The highest BCUT2D eigenvalue weighted by molar-refractivity contribution is 9.10. The van der Waals surface area contributed by atoms with Gasteiger partial charge in [-0.05, 0) is 51.6 Å². The van der Waals surface area contributed by atoms with Crippen molar-refractivity contribution in [2.24, 2.45) is 0 Å². The van der Waals surface area contributed by atoms with E-state index in [1.807, 2.05) is 7.05 Å². The lowest BCUT2D eigenvalue weighted by atomic mass is 10.1. The van der Waals surface area contributed by atoms with Gasteiger partial charge < -0.3 is 9.88 Å². The minimum Gasteiger partial charge on any atom is -0.345 e. The van der Waals surface area contributed by atoms with Gasteiger partial charge in [0.1, 0.15) is 0 Å². The molecule has 92 valence electrons. The monoisotopic (exact) mass is 294 g/mol. The van der Waals surface area contributed by atoms with Crippen LogP contribution in [0.2, 0.25) is 0 Å². The molecule has 1 aromatic heterocycles. The van der Waals surface area contributed by atoms with Crippen molar-refractivity contribution in [1.29, 1.82) is 0 Å². The highest BCUT2D eigenvalue weighted by Crippen LogP contribution is 2.31. The molecule has 0 unspecified atom stereocenters. The molecule has 0 saturated heterocycles. The second kappa shape index (κ2) is 5.23. The normalized spacial score (nSPS) is 11.6. The molecular weight excluding hydrogens is 276 g/mol. The van der Waals surface area contributed by atoms with Crippen LogP contribution in [0.5, 0.6) is 0 Å². The predicted molar refractivity (Wildman–Crippen MR) is 77.7 cm³/mol. The quantitative estimate of drug-likeness (QED) is 0.909. The van der Waals surface area contributed by atoms with E-state index < -0.39 is 0 Å². The SMILES string of the molecule is CNCCc1cn(C(C)C)c2cccc(Br)c12. The summed E-state index contributed by atoms with van der Waals surface area (Å²) in [6.07, 6.45) is 3.35. The fraction of sp³-hybridized carbons (Fsp3) is 0.429. The van der Waals surface area contributed by atoms with E-state index in [1.165, 1.54) is 20.9 Å². The van der Waals surface area contributed by atoms with Gasteiger partial charge in [0.2, 0.25) is 0 Å². The second-order valence-corrected chi connectivity index (χ2v) is 5.50. The van der Waals surface area contributed by atoms with Crippen molar-refractivity contribution in [1.82, 2.24) is 9.88 Å². The maximum absolute atomic E-state index is 3.67. The third-order valence-corrected chi connectivity index (χ3v) is 3.75. The molecule has 0 aliphatic heterocycles. The van der Waals surface area contributed by atoms with E-state index in [-0.39, 0.29) is 0 Å². The Morgan fingerprint density at radius 3 is 2.76 bits per heavy atom. The molecule has 0 aliphatic carbocycles. The fourth-order valence-corrected chi connectivity index (χ4v) is 2.83. The first-order chi connectivity index (χ1) is 8.15. The van der Waals surface area contributed by atoms with Crippen LogP contribution in [0.15, 0.2) is 28.9 Å². The van der Waals surface area contributed by atoms with E-state index in [0.29, 0.717) is 6.04 Å². The summed E-state index contributed by atoms with van der Waals surface area (Å²) in [5.41, 5.74) is 2.73. The van der Waals surface area contributed by atoms with Gasteiger partial charge in [0.15, 0.2) is 0 Å². The Bertz CT molecular complexity index is 514. The molecule has 0 aliphatic rings. The van der Waals surface area contributed by atoms with E-state index in [9.17, 15) is 0 Å². The lowest BCUT2D eigenvalue weighted by molar-refractivity contribution is 0.620. The standard InChI is InChI=1S/C14H19BrN2/c1-10(2)17-9-11(7-8-16-3)14-12(15)5-4-6-13(14)17/h4-6,9-10,16H,7-8H2,1-3H3. The van der Waals surface area contributed by atoms with Crippen molar-refractivity contribution in [2.45, 2.75) is 26.3 Å². The molecule has 2 rings (SSSR count). The first kappa shape index (κ1) is 12.7. The van der Waals surface area contributed by atoms with Gasteiger partial charge in [0.25, 0.3) is 0 Å². The van der Waals surface area contributed by atoms with Gasteiger partial charge >= 0.3 is 0 Å². The summed E-state index contributed by atoms with van der Waals surface area (Å²) in [4.78, 5) is 0. The second-order valence-electron chi connectivity index (χ2n) is 4.64. The molecular formula is C14H19BrN2. The third-order valence-electron chi connectivity index (χ3n) is 3.09. The van der Waals surface area contributed by atoms with Crippen molar-refractivity contribution in [3.8, 4) is 0 Å². The Balaban J connectivity index is 2.59. The molecule has 2 nitrogen and oxygen atoms in total. The number of aromatic nitrogens is 1. The van der Waals surface area contributed by atoms with E-state index in [2.05, 4.69) is 64.1 Å². The average molecular weight is 295 g/mol. The number of rotatable bonds is 4. The van der Waals surface area contributed by atoms with Crippen LogP contribution in [0.4, 0.5) is 0 Å². The number of fused-ring (bicyclic) bond motifs is 1. The minimum atomic E-state index is 0.495. The Labute approximate surface area is 111 Å². The number of nitrogens with zero attached hydrogens (tertiary/aromatic N) is 1. The first-order valence-electron chi connectivity index (χ1n) is 6.07. The summed E-state index contributed by atoms with van der Waals surface area (Å²) in [5.74, 6) is 0. The number of hydrogen-bond acceptors (Lipinski definition) is 1. The summed E-state index contributed by atoms with van der Waals surface area (Å²) in [6, 6.07) is 6.92. The van der Waals surface area contributed by atoms with Crippen molar-refractivity contribution in [2.75, 3.05) is 13.6 Å². The van der Waals surface area contributed by atoms with Crippen molar-refractivity contribution in [3.63, 3.8) is 0 Å². The Morgan fingerprint density at radius 2 is 2.12 bits per heavy atom. The number of nitrogens with one attached hydrogen (secondary N) is 1. The maximum atomic E-state index is 3.67. The van der Waals surface area contributed by atoms with Crippen LogP contribution in [0.1, 0.15) is 25.5 Å². The zero-order chi connectivity index (χ0) is 12.4. The summed E-state index contributed by atoms with van der Waals surface area (Å²) >= 11 is 3.67. The molecule has 0 radical (unpaired) electrons. The van der Waals surface area contributed by atoms with Crippen molar-refractivity contribution >= 4 is 26.8 Å². The van der Waals surface area contributed by atoms with Gasteiger partial charge in [0.05, 0.1) is 0 Å². The van der Waals surface area contributed by atoms with Crippen LogP contribution >= 0.6 is 15.9 Å². The maximum Gasteiger partial charge on any atom is 0.0497 e. The number of benzene rings is 1. The lowest BCUT2D eigenvalue weighted by Crippen LogP contribution is -2.10. The molecule has 2 aromatic rings. The van der Waals surface area contributed by atoms with Gasteiger partial charge in [-0.1, -0.05) is 22.0 Å². The minimum absolute atomic E-state index is 0.495. The van der Waals surface area contributed by atoms with Crippen LogP contribution in [0.25, 0.3) is 10.9 Å². The largest absolute Gasteiger partial charge is 0.345 e. The van der Waals surface area contributed by atoms with E-state index >= 15 is 0 Å². The molecule has 3 heteroatoms. The van der Waals surface area contributed by atoms with Crippen LogP contribution in [0, 0.1) is 0 Å². The van der Waals surface area contributed by atoms with Crippen LogP contribution in [-0.2, 0) is 6.42 Å². The highest BCUT2D eigenvalue weighted by atomic mass is 79.9. The number of likely N-dealkylation sites (N-methyl/N-ethyl adjacent to an activating group) is 1. The van der Waals surface area contributed by atoms with Gasteiger partial charge in [-0.25, -0.2) is 0 Å². The molecule has 1 N–H and O–H groups in total. The predicted octanol–water partition coefficient (Wildman–Crippen LogP) is 3.75. The van der Waals surface area contributed by atoms with Crippen LogP contribution in [0.3, 0.4) is 0 Å². The van der Waals surface area contributed by atoms with Crippen molar-refractivity contribution < 1.29 is 0 Å². The lowest BCUT2D eigenvalue weighted by Gasteiger charge is -2.08. The fourth-order valence-electron chi connectivity index (χ4n) is 2.22. The van der Waals surface area contributed by atoms with Gasteiger partial charge in [0, 0.05) is 27.6 Å². The van der Waals surface area contributed by atoms with E-state index in [4.69, 9.17) is 0 Å². The van der Waals surface area contributed by atoms with Crippen LogP contribution in [-0.4, -0.2) is 18.2 Å². The zero-order valence-electron chi connectivity index (χ0n) is 10.6. The Hall–Kier alpha value is -0.800. The molecule has 0 bridgehead atoms. The first-order valence-corrected chi connectivity index (χ1v) is 6.87. The molecule has 0 amide bonds. The molecule has 0 spiro atoms. The molecule has 0 fully saturated rings. The number of hydrogen-bond donors (Lipinski definition) is 1. The van der Waals surface area contributed by atoms with Gasteiger partial charge in [-0.3, -0.25) is 0 Å².